The van der Waals surface area contributed by atoms with E-state index in [0.717, 1.165) is 42.4 Å². The number of hydrogen-bond acceptors (Lipinski definition) is 3. The van der Waals surface area contributed by atoms with Crippen LogP contribution in [-0.4, -0.2) is 41.9 Å². The van der Waals surface area contributed by atoms with Crippen LogP contribution in [0.25, 0.3) is 0 Å². The highest BCUT2D eigenvalue weighted by Crippen LogP contribution is 2.20. The van der Waals surface area contributed by atoms with Crippen molar-refractivity contribution >= 4 is 11.8 Å². The van der Waals surface area contributed by atoms with Crippen molar-refractivity contribution < 1.29 is 14.3 Å². The predicted octanol–water partition coefficient (Wildman–Crippen LogP) is 4.20. The first kappa shape index (κ1) is 22.9. The van der Waals surface area contributed by atoms with Crippen LogP contribution in [0.1, 0.15) is 49.3 Å². The van der Waals surface area contributed by atoms with Crippen LogP contribution in [0.3, 0.4) is 0 Å². The second kappa shape index (κ2) is 11.0. The van der Waals surface area contributed by atoms with Crippen LogP contribution in [0.15, 0.2) is 48.5 Å². The third kappa shape index (κ3) is 6.58. The van der Waals surface area contributed by atoms with Crippen LogP contribution in [0.2, 0.25) is 0 Å². The van der Waals surface area contributed by atoms with Crippen molar-refractivity contribution in [1.82, 2.24) is 10.2 Å². The van der Waals surface area contributed by atoms with E-state index in [1.54, 1.807) is 4.90 Å². The number of nitrogens with one attached hydrogen (secondary N) is 1. The minimum atomic E-state index is -0.543. The largest absolute Gasteiger partial charge is 0.483 e. The molecule has 5 nitrogen and oxygen atoms in total. The zero-order valence-corrected chi connectivity index (χ0v) is 18.9. The first-order valence-corrected chi connectivity index (χ1v) is 11.3. The molecule has 2 amide bonds. The number of benzene rings is 2. The summed E-state index contributed by atoms with van der Waals surface area (Å²) in [5.41, 5.74) is 3.21. The summed E-state index contributed by atoms with van der Waals surface area (Å²) in [4.78, 5) is 27.7. The zero-order valence-electron chi connectivity index (χ0n) is 18.9. The molecule has 0 radical (unpaired) electrons. The molecule has 0 saturated heterocycles. The molecule has 31 heavy (non-hydrogen) atoms. The highest BCUT2D eigenvalue weighted by atomic mass is 16.5. The van der Waals surface area contributed by atoms with Gasteiger partial charge in [0.1, 0.15) is 11.8 Å². The van der Waals surface area contributed by atoms with Crippen molar-refractivity contribution in [1.29, 1.82) is 0 Å². The number of aryl methyl sites for hydroxylation is 2. The quantitative estimate of drug-likeness (QED) is 0.659. The summed E-state index contributed by atoms with van der Waals surface area (Å²) in [6, 6.07) is 15.7. The van der Waals surface area contributed by atoms with Gasteiger partial charge in [-0.25, -0.2) is 0 Å². The number of rotatable bonds is 9. The maximum atomic E-state index is 13.1. The van der Waals surface area contributed by atoms with Gasteiger partial charge in [-0.1, -0.05) is 55.3 Å². The Morgan fingerprint density at radius 1 is 1.10 bits per heavy atom. The van der Waals surface area contributed by atoms with E-state index in [2.05, 4.69) is 5.32 Å². The fourth-order valence-electron chi connectivity index (χ4n) is 4.05. The van der Waals surface area contributed by atoms with Crippen LogP contribution in [0, 0.1) is 13.8 Å². The summed E-state index contributed by atoms with van der Waals surface area (Å²) in [6.07, 6.45) is 5.04. The van der Waals surface area contributed by atoms with E-state index in [0.29, 0.717) is 18.7 Å². The third-order valence-electron chi connectivity index (χ3n) is 6.05. The Morgan fingerprint density at radius 2 is 1.81 bits per heavy atom. The van der Waals surface area contributed by atoms with E-state index in [9.17, 15) is 9.59 Å². The van der Waals surface area contributed by atoms with Gasteiger partial charge in [0, 0.05) is 12.6 Å². The van der Waals surface area contributed by atoms with Gasteiger partial charge < -0.3 is 15.0 Å². The summed E-state index contributed by atoms with van der Waals surface area (Å²) in [5, 5.41) is 3.13. The maximum Gasteiger partial charge on any atom is 0.261 e. The molecule has 1 unspecified atom stereocenters. The van der Waals surface area contributed by atoms with Crippen molar-refractivity contribution in [2.45, 2.75) is 65.0 Å². The normalized spacial score (nSPS) is 14.8. The van der Waals surface area contributed by atoms with Crippen molar-refractivity contribution in [3.05, 3.63) is 65.2 Å². The number of nitrogens with zero attached hydrogens (tertiary/aromatic N) is 1. The van der Waals surface area contributed by atoms with E-state index in [4.69, 9.17) is 4.74 Å². The van der Waals surface area contributed by atoms with Gasteiger partial charge in [-0.3, -0.25) is 9.59 Å². The molecular formula is C26H34N2O3. The highest BCUT2D eigenvalue weighted by molar-refractivity contribution is 5.88. The van der Waals surface area contributed by atoms with Crippen molar-refractivity contribution in [3.63, 3.8) is 0 Å². The topological polar surface area (TPSA) is 58.6 Å². The van der Waals surface area contributed by atoms with Gasteiger partial charge in [0.2, 0.25) is 5.91 Å². The zero-order chi connectivity index (χ0) is 22.2. The van der Waals surface area contributed by atoms with Crippen molar-refractivity contribution in [2.75, 3.05) is 13.2 Å². The van der Waals surface area contributed by atoms with Gasteiger partial charge in [-0.15, -0.1) is 0 Å². The summed E-state index contributed by atoms with van der Waals surface area (Å²) in [7, 11) is 0. The molecule has 2 aromatic carbocycles. The second-order valence-corrected chi connectivity index (χ2v) is 8.55. The van der Waals surface area contributed by atoms with Crippen LogP contribution < -0.4 is 10.1 Å². The Hall–Kier alpha value is -2.82. The lowest BCUT2D eigenvalue weighted by molar-refractivity contribution is -0.141. The molecule has 5 heteroatoms. The van der Waals surface area contributed by atoms with Gasteiger partial charge >= 0.3 is 0 Å². The number of carbonyl (C=O) groups excluding carboxylic acids is 2. The standard InChI is InChI=1S/C26H34N2O3/c1-19-13-14-20(2)24(17-19)31-18-25(29)28(16-15-22-9-5-4-6-10-22)21(3)26(30)27-23-11-7-8-12-23/h4-6,9-10,13-14,17,21,23H,7-8,11-12,15-16,18H2,1-3H3,(H,27,30). The van der Waals surface area contributed by atoms with Gasteiger partial charge in [0.25, 0.3) is 5.91 Å². The Labute approximate surface area is 185 Å². The molecule has 1 saturated carbocycles. The molecule has 0 aliphatic heterocycles. The number of carbonyl (C=O) groups is 2. The highest BCUT2D eigenvalue weighted by Gasteiger charge is 2.28. The first-order valence-electron chi connectivity index (χ1n) is 11.3. The van der Waals surface area contributed by atoms with E-state index >= 15 is 0 Å². The Morgan fingerprint density at radius 3 is 2.52 bits per heavy atom. The molecule has 0 heterocycles. The lowest BCUT2D eigenvalue weighted by Gasteiger charge is -2.29. The first-order chi connectivity index (χ1) is 14.9. The average Bonchev–Trinajstić information content (AvgIpc) is 3.28. The molecule has 0 spiro atoms. The Bertz CT molecular complexity index is 875. The lowest BCUT2D eigenvalue weighted by Crippen LogP contribution is -2.51. The molecule has 1 aliphatic carbocycles. The van der Waals surface area contributed by atoms with Crippen LogP contribution in [-0.2, 0) is 16.0 Å². The van der Waals surface area contributed by atoms with Gasteiger partial charge in [-0.05, 0) is 62.8 Å². The van der Waals surface area contributed by atoms with E-state index in [-0.39, 0.29) is 24.5 Å². The van der Waals surface area contributed by atoms with E-state index < -0.39 is 6.04 Å². The lowest BCUT2D eigenvalue weighted by atomic mass is 10.1. The smallest absolute Gasteiger partial charge is 0.261 e. The fraction of sp³-hybridized carbons (Fsp3) is 0.462. The minimum absolute atomic E-state index is 0.0832. The molecular weight excluding hydrogens is 388 g/mol. The molecule has 1 aliphatic rings. The van der Waals surface area contributed by atoms with Crippen LogP contribution >= 0.6 is 0 Å². The van der Waals surface area contributed by atoms with Crippen molar-refractivity contribution in [3.8, 4) is 5.75 Å². The number of hydrogen-bond donors (Lipinski definition) is 1. The monoisotopic (exact) mass is 422 g/mol. The Balaban J connectivity index is 1.67. The predicted molar refractivity (Wildman–Crippen MR) is 123 cm³/mol. The average molecular weight is 423 g/mol. The van der Waals surface area contributed by atoms with E-state index in [1.165, 1.54) is 0 Å². The van der Waals surface area contributed by atoms with Gasteiger partial charge in [-0.2, -0.15) is 0 Å². The number of amides is 2. The SMILES string of the molecule is Cc1ccc(C)c(OCC(=O)N(CCc2ccccc2)C(C)C(=O)NC2CCCC2)c1. The summed E-state index contributed by atoms with van der Waals surface area (Å²) in [6.45, 7) is 6.16. The molecule has 3 rings (SSSR count). The fourth-order valence-corrected chi connectivity index (χ4v) is 4.05. The molecule has 1 N–H and O–H groups in total. The summed E-state index contributed by atoms with van der Waals surface area (Å²) < 4.78 is 5.85. The van der Waals surface area contributed by atoms with Gasteiger partial charge in [0.05, 0.1) is 0 Å². The molecule has 1 atom stereocenters. The summed E-state index contributed by atoms with van der Waals surface area (Å²) >= 11 is 0. The molecule has 166 valence electrons. The van der Waals surface area contributed by atoms with Crippen LogP contribution in [0.4, 0.5) is 0 Å². The molecule has 1 fully saturated rings. The summed E-state index contributed by atoms with van der Waals surface area (Å²) in [5.74, 6) is 0.449. The maximum absolute atomic E-state index is 13.1. The van der Waals surface area contributed by atoms with Crippen LogP contribution in [0.5, 0.6) is 5.75 Å². The molecule has 2 aromatic rings. The minimum Gasteiger partial charge on any atom is -0.483 e. The van der Waals surface area contributed by atoms with E-state index in [1.807, 2.05) is 69.3 Å². The van der Waals surface area contributed by atoms with Crippen molar-refractivity contribution in [2.24, 2.45) is 0 Å². The molecule has 0 aromatic heterocycles. The third-order valence-corrected chi connectivity index (χ3v) is 6.05. The molecule has 0 bridgehead atoms. The second-order valence-electron chi connectivity index (χ2n) is 8.55. The number of ether oxygens (including phenoxy) is 1. The van der Waals surface area contributed by atoms with Gasteiger partial charge in [0.15, 0.2) is 6.61 Å². The Kier molecular flexibility index (Phi) is 8.10.